The van der Waals surface area contributed by atoms with E-state index in [9.17, 15) is 13.5 Å². The quantitative estimate of drug-likeness (QED) is 0.569. The van der Waals surface area contributed by atoms with Gasteiger partial charge in [0.1, 0.15) is 9.84 Å². The van der Waals surface area contributed by atoms with Crippen molar-refractivity contribution in [2.24, 2.45) is 0 Å². The first kappa shape index (κ1) is 12.9. The highest BCUT2D eigenvalue weighted by Crippen LogP contribution is 1.93. The number of nitrogens with one attached hydrogen (secondary N) is 1. The molecule has 4 nitrogen and oxygen atoms in total. The Morgan fingerprint density at radius 3 is 2.54 bits per heavy atom. The Hall–Kier alpha value is -0.130. The molecule has 0 bridgehead atoms. The zero-order valence-corrected chi connectivity index (χ0v) is 9.10. The lowest BCUT2D eigenvalue weighted by atomic mass is 10.2. The summed E-state index contributed by atoms with van der Waals surface area (Å²) in [5.74, 6) is 0.131. The van der Waals surface area contributed by atoms with Crippen LogP contribution in [0.5, 0.6) is 0 Å². The Morgan fingerprint density at radius 1 is 1.46 bits per heavy atom. The van der Waals surface area contributed by atoms with Crippen molar-refractivity contribution in [3.05, 3.63) is 0 Å². The second kappa shape index (κ2) is 6.34. The summed E-state index contributed by atoms with van der Waals surface area (Å²) >= 11 is 0. The largest absolute Gasteiger partial charge is 0.392 e. The lowest BCUT2D eigenvalue weighted by Gasteiger charge is -2.09. The molecule has 0 radical (unpaired) electrons. The molecule has 0 aromatic heterocycles. The van der Waals surface area contributed by atoms with Gasteiger partial charge in [-0.1, -0.05) is 13.3 Å². The smallest absolute Gasteiger partial charge is 0.148 e. The van der Waals surface area contributed by atoms with Crippen LogP contribution in [0.2, 0.25) is 0 Å². The van der Waals surface area contributed by atoms with Gasteiger partial charge in [0.15, 0.2) is 0 Å². The number of aliphatic hydroxyl groups is 1. The summed E-state index contributed by atoms with van der Waals surface area (Å²) in [6.45, 7) is 2.89. The van der Waals surface area contributed by atoms with E-state index in [-0.39, 0.29) is 11.9 Å². The zero-order valence-electron chi connectivity index (χ0n) is 8.28. The van der Waals surface area contributed by atoms with Gasteiger partial charge in [0.25, 0.3) is 0 Å². The van der Waals surface area contributed by atoms with Gasteiger partial charge in [-0.3, -0.25) is 0 Å². The molecule has 0 saturated carbocycles. The number of hydrogen-bond acceptors (Lipinski definition) is 4. The topological polar surface area (TPSA) is 66.4 Å². The summed E-state index contributed by atoms with van der Waals surface area (Å²) in [4.78, 5) is 0. The van der Waals surface area contributed by atoms with Crippen molar-refractivity contribution in [2.45, 2.75) is 25.9 Å². The Labute approximate surface area is 80.3 Å². The van der Waals surface area contributed by atoms with E-state index < -0.39 is 9.84 Å². The van der Waals surface area contributed by atoms with Crippen molar-refractivity contribution in [1.29, 1.82) is 0 Å². The molecule has 0 fully saturated rings. The molecule has 0 amide bonds. The van der Waals surface area contributed by atoms with Crippen LogP contribution in [0, 0.1) is 0 Å². The van der Waals surface area contributed by atoms with Gasteiger partial charge in [-0.25, -0.2) is 8.42 Å². The molecule has 0 spiro atoms. The molecular formula is C8H19NO3S. The fourth-order valence-electron chi connectivity index (χ4n) is 0.962. The summed E-state index contributed by atoms with van der Waals surface area (Å²) < 4.78 is 21.4. The lowest BCUT2D eigenvalue weighted by molar-refractivity contribution is 0.161. The van der Waals surface area contributed by atoms with Crippen molar-refractivity contribution < 1.29 is 13.5 Å². The first-order valence-electron chi connectivity index (χ1n) is 4.52. The van der Waals surface area contributed by atoms with E-state index in [0.717, 1.165) is 12.8 Å². The van der Waals surface area contributed by atoms with Crippen LogP contribution in [0.15, 0.2) is 0 Å². The van der Waals surface area contributed by atoms with E-state index in [1.807, 2.05) is 6.92 Å². The van der Waals surface area contributed by atoms with Crippen LogP contribution in [0.4, 0.5) is 0 Å². The van der Waals surface area contributed by atoms with Crippen molar-refractivity contribution in [2.75, 3.05) is 25.1 Å². The fraction of sp³-hybridized carbons (Fsp3) is 1.00. The molecule has 0 aliphatic heterocycles. The van der Waals surface area contributed by atoms with Crippen LogP contribution < -0.4 is 5.32 Å². The van der Waals surface area contributed by atoms with Crippen LogP contribution in [0.25, 0.3) is 0 Å². The van der Waals surface area contributed by atoms with Crippen LogP contribution in [-0.2, 0) is 9.84 Å². The summed E-state index contributed by atoms with van der Waals surface area (Å²) in [5.41, 5.74) is 0. The molecule has 0 aromatic rings. The molecule has 13 heavy (non-hydrogen) atoms. The van der Waals surface area contributed by atoms with E-state index in [1.54, 1.807) is 0 Å². The number of rotatable bonds is 7. The predicted octanol–water partition coefficient (Wildman–Crippen LogP) is -0.218. The third-order valence-electron chi connectivity index (χ3n) is 1.65. The zero-order chi connectivity index (χ0) is 10.3. The van der Waals surface area contributed by atoms with Gasteiger partial charge >= 0.3 is 0 Å². The Balaban J connectivity index is 3.36. The third-order valence-corrected chi connectivity index (χ3v) is 2.60. The minimum atomic E-state index is -2.88. The standard InChI is InChI=1S/C8H19NO3S/c1-3-4-8(10)7-9-5-6-13(2,11)12/h8-10H,3-7H2,1-2H3. The van der Waals surface area contributed by atoms with E-state index in [0.29, 0.717) is 13.1 Å². The molecule has 0 aliphatic carbocycles. The molecule has 0 heterocycles. The van der Waals surface area contributed by atoms with Gasteiger partial charge in [-0.05, 0) is 6.42 Å². The molecule has 0 rings (SSSR count). The van der Waals surface area contributed by atoms with Gasteiger partial charge in [-0.2, -0.15) is 0 Å². The van der Waals surface area contributed by atoms with E-state index in [2.05, 4.69) is 5.32 Å². The molecule has 0 aliphatic rings. The van der Waals surface area contributed by atoms with Crippen LogP contribution in [0.3, 0.4) is 0 Å². The monoisotopic (exact) mass is 209 g/mol. The van der Waals surface area contributed by atoms with Gasteiger partial charge in [-0.15, -0.1) is 0 Å². The minimum Gasteiger partial charge on any atom is -0.392 e. The van der Waals surface area contributed by atoms with Gasteiger partial charge in [0.2, 0.25) is 0 Å². The van der Waals surface area contributed by atoms with Crippen molar-refractivity contribution in [1.82, 2.24) is 5.32 Å². The highest BCUT2D eigenvalue weighted by molar-refractivity contribution is 7.90. The van der Waals surface area contributed by atoms with E-state index in [1.165, 1.54) is 6.26 Å². The molecule has 80 valence electrons. The average molecular weight is 209 g/mol. The minimum absolute atomic E-state index is 0.131. The lowest BCUT2D eigenvalue weighted by Crippen LogP contribution is -2.30. The van der Waals surface area contributed by atoms with Crippen molar-refractivity contribution in [3.8, 4) is 0 Å². The first-order chi connectivity index (χ1) is 5.95. The molecule has 0 saturated heterocycles. The molecular weight excluding hydrogens is 190 g/mol. The maximum Gasteiger partial charge on any atom is 0.148 e. The Kier molecular flexibility index (Phi) is 6.28. The van der Waals surface area contributed by atoms with E-state index in [4.69, 9.17) is 0 Å². The van der Waals surface area contributed by atoms with Crippen LogP contribution >= 0.6 is 0 Å². The molecule has 0 aromatic carbocycles. The second-order valence-electron chi connectivity index (χ2n) is 3.28. The van der Waals surface area contributed by atoms with Crippen molar-refractivity contribution >= 4 is 9.84 Å². The SMILES string of the molecule is CCCC(O)CNCCS(C)(=O)=O. The maximum absolute atomic E-state index is 10.7. The molecule has 2 N–H and O–H groups in total. The summed E-state index contributed by atoms with van der Waals surface area (Å²) in [6.07, 6.45) is 2.54. The number of aliphatic hydroxyl groups excluding tert-OH is 1. The Bertz CT molecular complexity index is 213. The van der Waals surface area contributed by atoms with Gasteiger partial charge in [0.05, 0.1) is 11.9 Å². The van der Waals surface area contributed by atoms with E-state index >= 15 is 0 Å². The van der Waals surface area contributed by atoms with Crippen LogP contribution in [0.1, 0.15) is 19.8 Å². The molecule has 5 heteroatoms. The number of sulfone groups is 1. The van der Waals surface area contributed by atoms with Gasteiger partial charge < -0.3 is 10.4 Å². The second-order valence-corrected chi connectivity index (χ2v) is 5.54. The molecule has 1 unspecified atom stereocenters. The normalized spacial score (nSPS) is 14.4. The summed E-state index contributed by atoms with van der Waals surface area (Å²) in [5, 5.41) is 12.2. The average Bonchev–Trinajstić information content (AvgIpc) is 1.97. The highest BCUT2D eigenvalue weighted by atomic mass is 32.2. The first-order valence-corrected chi connectivity index (χ1v) is 6.58. The third kappa shape index (κ3) is 9.79. The number of hydrogen-bond donors (Lipinski definition) is 2. The van der Waals surface area contributed by atoms with Crippen molar-refractivity contribution in [3.63, 3.8) is 0 Å². The molecule has 1 atom stereocenters. The highest BCUT2D eigenvalue weighted by Gasteiger charge is 2.03. The predicted molar refractivity (Wildman–Crippen MR) is 53.5 cm³/mol. The summed E-state index contributed by atoms with van der Waals surface area (Å²) in [7, 11) is -2.88. The Morgan fingerprint density at radius 2 is 2.08 bits per heavy atom. The summed E-state index contributed by atoms with van der Waals surface area (Å²) in [6, 6.07) is 0. The van der Waals surface area contributed by atoms with Crippen LogP contribution in [-0.4, -0.2) is 44.7 Å². The van der Waals surface area contributed by atoms with Gasteiger partial charge in [0, 0.05) is 19.3 Å². The fourth-order valence-corrected chi connectivity index (χ4v) is 1.48. The maximum atomic E-state index is 10.7.